The molecule has 1 aliphatic rings. The Morgan fingerprint density at radius 3 is 2.89 bits per heavy atom. The van der Waals surface area contributed by atoms with Gasteiger partial charge in [0, 0.05) is 13.2 Å². The summed E-state index contributed by atoms with van der Waals surface area (Å²) in [4.78, 5) is 11.9. The van der Waals surface area contributed by atoms with Gasteiger partial charge in [-0.3, -0.25) is 4.79 Å². The number of halogens is 1. The number of aromatic nitrogens is 2. The molecule has 1 aromatic heterocycles. The van der Waals surface area contributed by atoms with E-state index in [0.717, 1.165) is 6.42 Å². The Morgan fingerprint density at radius 1 is 1.67 bits per heavy atom. The molecule has 0 saturated heterocycles. The Hall–Kier alpha value is -1.07. The number of anilines is 1. The second kappa shape index (κ2) is 4.90. The van der Waals surface area contributed by atoms with E-state index in [9.17, 15) is 4.79 Å². The largest absolute Gasteiger partial charge is 0.383 e. The van der Waals surface area contributed by atoms with E-state index in [1.165, 1.54) is 4.68 Å². The van der Waals surface area contributed by atoms with Crippen LogP contribution in [-0.2, 0) is 11.3 Å². The quantitative estimate of drug-likeness (QED) is 0.887. The fourth-order valence-corrected chi connectivity index (χ4v) is 2.00. The van der Waals surface area contributed by atoms with Crippen LogP contribution < -0.4 is 10.9 Å². The van der Waals surface area contributed by atoms with Gasteiger partial charge in [-0.05, 0) is 11.8 Å². The molecule has 0 radical (unpaired) electrons. The molecule has 1 aromatic rings. The van der Waals surface area contributed by atoms with Gasteiger partial charge in [0.05, 0.1) is 25.0 Å². The first-order chi connectivity index (χ1) is 8.45. The van der Waals surface area contributed by atoms with E-state index in [2.05, 4.69) is 24.3 Å². The van der Waals surface area contributed by atoms with Crippen LogP contribution >= 0.6 is 11.6 Å². The topological polar surface area (TPSA) is 56.1 Å². The molecule has 1 heterocycles. The summed E-state index contributed by atoms with van der Waals surface area (Å²) in [6.07, 6.45) is 2.68. The highest BCUT2D eigenvalue weighted by Gasteiger charge is 2.45. The average Bonchev–Trinajstić information content (AvgIpc) is 2.92. The van der Waals surface area contributed by atoms with E-state index in [1.807, 2.05) is 0 Å². The number of nitrogens with one attached hydrogen (secondary N) is 1. The van der Waals surface area contributed by atoms with E-state index in [0.29, 0.717) is 24.9 Å². The molecule has 1 atom stereocenters. The van der Waals surface area contributed by atoms with Crippen molar-refractivity contribution in [1.82, 2.24) is 9.78 Å². The Labute approximate surface area is 111 Å². The van der Waals surface area contributed by atoms with Crippen molar-refractivity contribution in [3.63, 3.8) is 0 Å². The monoisotopic (exact) mass is 271 g/mol. The Balaban J connectivity index is 2.14. The Morgan fingerprint density at radius 2 is 2.33 bits per heavy atom. The van der Waals surface area contributed by atoms with Crippen molar-refractivity contribution >= 4 is 17.3 Å². The standard InChI is InChI=1S/C12H18ClN3O2/c1-12(2)6-9(12)15-8-7-14-16(4-5-18-3)11(17)10(8)13/h7,9,15H,4-6H2,1-3H3. The molecular weight excluding hydrogens is 254 g/mol. The van der Waals surface area contributed by atoms with Crippen LogP contribution in [0.3, 0.4) is 0 Å². The molecule has 1 saturated carbocycles. The third kappa shape index (κ3) is 2.67. The van der Waals surface area contributed by atoms with Gasteiger partial charge in [0.2, 0.25) is 0 Å². The fraction of sp³-hybridized carbons (Fsp3) is 0.667. The van der Waals surface area contributed by atoms with E-state index >= 15 is 0 Å². The number of hydrogen-bond donors (Lipinski definition) is 1. The highest BCUT2D eigenvalue weighted by Crippen LogP contribution is 2.46. The summed E-state index contributed by atoms with van der Waals surface area (Å²) in [5, 5.41) is 7.54. The molecule has 0 aliphatic heterocycles. The minimum absolute atomic E-state index is 0.198. The zero-order valence-electron chi connectivity index (χ0n) is 10.9. The van der Waals surface area contributed by atoms with E-state index in [4.69, 9.17) is 16.3 Å². The summed E-state index contributed by atoms with van der Waals surface area (Å²) in [5.74, 6) is 0. The lowest BCUT2D eigenvalue weighted by Gasteiger charge is -2.11. The lowest BCUT2D eigenvalue weighted by Crippen LogP contribution is -2.26. The summed E-state index contributed by atoms with van der Waals surface area (Å²) in [7, 11) is 1.58. The van der Waals surface area contributed by atoms with Crippen LogP contribution in [0.4, 0.5) is 5.69 Å². The molecule has 1 unspecified atom stereocenters. The van der Waals surface area contributed by atoms with Crippen LogP contribution in [0.2, 0.25) is 5.02 Å². The molecule has 0 aromatic carbocycles. The Bertz CT molecular complexity index is 499. The van der Waals surface area contributed by atoms with Crippen LogP contribution in [-0.4, -0.2) is 29.5 Å². The summed E-state index contributed by atoms with van der Waals surface area (Å²) >= 11 is 6.07. The van der Waals surface area contributed by atoms with Crippen molar-refractivity contribution in [3.05, 3.63) is 21.6 Å². The molecule has 18 heavy (non-hydrogen) atoms. The zero-order valence-corrected chi connectivity index (χ0v) is 11.6. The smallest absolute Gasteiger partial charge is 0.287 e. The normalized spacial score (nSPS) is 20.8. The van der Waals surface area contributed by atoms with Gasteiger partial charge in [-0.25, -0.2) is 4.68 Å². The molecule has 0 amide bonds. The lowest BCUT2D eigenvalue weighted by molar-refractivity contribution is 0.182. The maximum absolute atomic E-state index is 11.9. The van der Waals surface area contributed by atoms with Crippen molar-refractivity contribution in [2.24, 2.45) is 5.41 Å². The Kier molecular flexibility index (Phi) is 3.64. The number of methoxy groups -OCH3 is 1. The van der Waals surface area contributed by atoms with Gasteiger partial charge in [0.1, 0.15) is 5.02 Å². The third-order valence-electron chi connectivity index (χ3n) is 3.34. The van der Waals surface area contributed by atoms with Gasteiger partial charge in [0.25, 0.3) is 5.56 Å². The fourth-order valence-electron chi connectivity index (χ4n) is 1.80. The number of nitrogens with zero attached hydrogens (tertiary/aromatic N) is 2. The predicted molar refractivity (Wildman–Crippen MR) is 71.2 cm³/mol. The van der Waals surface area contributed by atoms with Crippen molar-refractivity contribution in [2.75, 3.05) is 19.0 Å². The highest BCUT2D eigenvalue weighted by molar-refractivity contribution is 6.32. The minimum Gasteiger partial charge on any atom is -0.383 e. The van der Waals surface area contributed by atoms with Crippen molar-refractivity contribution in [2.45, 2.75) is 32.9 Å². The predicted octanol–water partition coefficient (Wildman–Crippen LogP) is 1.75. The number of hydrogen-bond acceptors (Lipinski definition) is 4. The van der Waals surface area contributed by atoms with Crippen LogP contribution in [0.25, 0.3) is 0 Å². The number of rotatable bonds is 5. The molecule has 0 spiro atoms. The molecule has 1 fully saturated rings. The first-order valence-corrected chi connectivity index (χ1v) is 6.34. The van der Waals surface area contributed by atoms with Crippen LogP contribution in [0, 0.1) is 5.41 Å². The zero-order chi connectivity index (χ0) is 13.3. The van der Waals surface area contributed by atoms with Crippen molar-refractivity contribution < 1.29 is 4.74 Å². The van der Waals surface area contributed by atoms with E-state index in [1.54, 1.807) is 13.3 Å². The average molecular weight is 272 g/mol. The maximum atomic E-state index is 11.9. The minimum atomic E-state index is -0.280. The summed E-state index contributed by atoms with van der Waals surface area (Å²) in [6.45, 7) is 5.19. The van der Waals surface area contributed by atoms with Gasteiger partial charge in [-0.2, -0.15) is 5.10 Å². The molecule has 1 N–H and O–H groups in total. The van der Waals surface area contributed by atoms with Gasteiger partial charge < -0.3 is 10.1 Å². The first-order valence-electron chi connectivity index (χ1n) is 5.97. The van der Waals surface area contributed by atoms with Crippen LogP contribution in [0.5, 0.6) is 0 Å². The molecular formula is C12H18ClN3O2. The maximum Gasteiger partial charge on any atom is 0.287 e. The molecule has 5 nitrogen and oxygen atoms in total. The second-order valence-corrected chi connectivity index (χ2v) is 5.66. The second-order valence-electron chi connectivity index (χ2n) is 5.28. The number of ether oxygens (including phenoxy) is 1. The summed E-state index contributed by atoms with van der Waals surface area (Å²) in [5.41, 5.74) is 0.608. The van der Waals surface area contributed by atoms with Crippen molar-refractivity contribution in [3.8, 4) is 0 Å². The third-order valence-corrected chi connectivity index (χ3v) is 3.70. The van der Waals surface area contributed by atoms with E-state index < -0.39 is 0 Å². The molecule has 6 heteroatoms. The summed E-state index contributed by atoms with van der Waals surface area (Å²) in [6, 6.07) is 0.367. The highest BCUT2D eigenvalue weighted by atomic mass is 35.5. The molecule has 0 bridgehead atoms. The van der Waals surface area contributed by atoms with Crippen molar-refractivity contribution in [1.29, 1.82) is 0 Å². The van der Waals surface area contributed by atoms with Crippen LogP contribution in [0.1, 0.15) is 20.3 Å². The first kappa shape index (κ1) is 13.4. The molecule has 2 rings (SSSR count). The summed E-state index contributed by atoms with van der Waals surface area (Å²) < 4.78 is 6.23. The lowest BCUT2D eigenvalue weighted by atomic mass is 10.2. The molecule has 100 valence electrons. The van der Waals surface area contributed by atoms with Gasteiger partial charge in [-0.1, -0.05) is 25.4 Å². The molecule has 1 aliphatic carbocycles. The van der Waals surface area contributed by atoms with Crippen LogP contribution in [0.15, 0.2) is 11.0 Å². The van der Waals surface area contributed by atoms with E-state index in [-0.39, 0.29) is 16.0 Å². The SMILES string of the molecule is COCCn1ncc(NC2CC2(C)C)c(Cl)c1=O. The van der Waals surface area contributed by atoms with Gasteiger partial charge in [-0.15, -0.1) is 0 Å². The van der Waals surface area contributed by atoms with Gasteiger partial charge in [0.15, 0.2) is 0 Å². The van der Waals surface area contributed by atoms with Gasteiger partial charge >= 0.3 is 0 Å².